The van der Waals surface area contributed by atoms with Crippen molar-refractivity contribution in [3.8, 4) is 0 Å². The molecule has 5 atom stereocenters. The summed E-state index contributed by atoms with van der Waals surface area (Å²) in [6.45, 7) is 4.24. The summed E-state index contributed by atoms with van der Waals surface area (Å²) in [6.07, 6.45) is 4.83. The number of nitrogens with zero attached hydrogens (tertiary/aromatic N) is 2. The van der Waals surface area contributed by atoms with Crippen LogP contribution in [0.2, 0.25) is 0 Å². The van der Waals surface area contributed by atoms with Gasteiger partial charge in [0.2, 0.25) is 10.0 Å². The molecule has 0 bridgehead atoms. The van der Waals surface area contributed by atoms with Crippen LogP contribution < -0.4 is 10.0 Å². The van der Waals surface area contributed by atoms with Crippen molar-refractivity contribution in [2.75, 3.05) is 53.0 Å². The minimum Gasteiger partial charge on any atom is -0.394 e. The quantitative estimate of drug-likeness (QED) is 0.342. The number of piperidine rings is 1. The fraction of sp³-hybridized carbons (Fsp3) is 1.00. The molecule has 1 unspecified atom stereocenters. The van der Waals surface area contributed by atoms with E-state index in [1.54, 1.807) is 7.11 Å². The average Bonchev–Trinajstić information content (AvgIpc) is 3.18. The molecule has 0 aromatic carbocycles. The van der Waals surface area contributed by atoms with Gasteiger partial charge in [-0.05, 0) is 51.5 Å². The number of hydrogen-bond donors (Lipinski definition) is 4. The van der Waals surface area contributed by atoms with Gasteiger partial charge in [0.1, 0.15) is 12.2 Å². The predicted octanol–water partition coefficient (Wildman–Crippen LogP) is -0.930. The molecule has 0 radical (unpaired) electrons. The van der Waals surface area contributed by atoms with Gasteiger partial charge in [0.05, 0.1) is 36.3 Å². The molecule has 0 spiro atoms. The molecule has 192 valence electrons. The SMILES string of the molecule is COC1CCC(S(=O)(=O)NC[C@@H]2O[C@@H](CO)[C@@H](O)[C@H]2N2CCN(C3CCCCN3)CC2)CC1. The van der Waals surface area contributed by atoms with E-state index in [1.165, 1.54) is 19.3 Å². The number of hydrogen-bond acceptors (Lipinski definition) is 9. The fourth-order valence-electron chi connectivity index (χ4n) is 5.98. The number of nitrogens with one attached hydrogen (secondary N) is 2. The van der Waals surface area contributed by atoms with Crippen LogP contribution in [-0.2, 0) is 19.5 Å². The molecule has 0 aromatic heterocycles. The van der Waals surface area contributed by atoms with Crippen molar-refractivity contribution < 1.29 is 28.1 Å². The van der Waals surface area contributed by atoms with Crippen LogP contribution in [0.25, 0.3) is 0 Å². The Bertz CT molecular complexity index is 706. The lowest BCUT2D eigenvalue weighted by Crippen LogP contribution is -2.61. The number of aliphatic hydroxyl groups is 2. The van der Waals surface area contributed by atoms with Gasteiger partial charge in [-0.25, -0.2) is 13.1 Å². The number of aliphatic hydroxyl groups excluding tert-OH is 2. The smallest absolute Gasteiger partial charge is 0.214 e. The van der Waals surface area contributed by atoms with Crippen LogP contribution in [0.1, 0.15) is 44.9 Å². The van der Waals surface area contributed by atoms with Crippen LogP contribution in [-0.4, -0.2) is 123 Å². The Balaban J connectivity index is 1.33. The second-order valence-corrected chi connectivity index (χ2v) is 12.0. The third kappa shape index (κ3) is 6.07. The van der Waals surface area contributed by atoms with Gasteiger partial charge in [0.25, 0.3) is 0 Å². The molecule has 3 heterocycles. The van der Waals surface area contributed by atoms with Crippen LogP contribution in [0.3, 0.4) is 0 Å². The van der Waals surface area contributed by atoms with Crippen molar-refractivity contribution in [1.82, 2.24) is 19.8 Å². The van der Waals surface area contributed by atoms with Crippen molar-refractivity contribution in [2.45, 2.75) is 86.8 Å². The van der Waals surface area contributed by atoms with Gasteiger partial charge in [-0.3, -0.25) is 9.80 Å². The highest BCUT2D eigenvalue weighted by molar-refractivity contribution is 7.90. The Kier molecular flexibility index (Phi) is 9.02. The average molecular weight is 491 g/mol. The third-order valence-corrected chi connectivity index (χ3v) is 9.93. The molecule has 33 heavy (non-hydrogen) atoms. The van der Waals surface area contributed by atoms with Gasteiger partial charge in [0, 0.05) is 39.8 Å². The fourth-order valence-corrected chi connectivity index (χ4v) is 7.51. The van der Waals surface area contributed by atoms with Crippen LogP contribution in [0.5, 0.6) is 0 Å². The van der Waals surface area contributed by atoms with E-state index >= 15 is 0 Å². The highest BCUT2D eigenvalue weighted by Gasteiger charge is 2.47. The van der Waals surface area contributed by atoms with Crippen molar-refractivity contribution >= 4 is 10.0 Å². The second kappa shape index (κ2) is 11.6. The molecule has 4 rings (SSSR count). The first-order valence-corrected chi connectivity index (χ1v) is 14.1. The van der Waals surface area contributed by atoms with E-state index in [0.29, 0.717) is 19.0 Å². The Morgan fingerprint density at radius 1 is 1.03 bits per heavy atom. The monoisotopic (exact) mass is 490 g/mol. The van der Waals surface area contributed by atoms with Crippen LogP contribution in [0, 0.1) is 0 Å². The maximum absolute atomic E-state index is 12.9. The molecule has 0 aromatic rings. The largest absolute Gasteiger partial charge is 0.394 e. The Morgan fingerprint density at radius 2 is 1.73 bits per heavy atom. The molecule has 3 aliphatic heterocycles. The third-order valence-electron chi connectivity index (χ3n) is 8.02. The zero-order valence-corrected chi connectivity index (χ0v) is 20.6. The molecule has 11 heteroatoms. The minimum atomic E-state index is -3.49. The summed E-state index contributed by atoms with van der Waals surface area (Å²) in [4.78, 5) is 4.68. The molecule has 4 N–H and O–H groups in total. The van der Waals surface area contributed by atoms with Gasteiger partial charge >= 0.3 is 0 Å². The standard InChI is InChI=1S/C22H42N4O6S/c1-31-16-5-7-17(8-6-16)33(29,30)24-14-18-21(22(28)19(15-27)32-18)26-12-10-25(11-13-26)20-4-2-3-9-23-20/h16-24,27-28H,2-15H2,1H3/t16?,17?,18-,19-,20?,21-,22+/m0/s1. The summed E-state index contributed by atoms with van der Waals surface area (Å²) in [5, 5.41) is 23.7. The number of sulfonamides is 1. The molecule has 1 aliphatic carbocycles. The summed E-state index contributed by atoms with van der Waals surface area (Å²) in [5.74, 6) is 0. The second-order valence-electron chi connectivity index (χ2n) is 9.94. The molecule has 4 fully saturated rings. The predicted molar refractivity (Wildman–Crippen MR) is 124 cm³/mol. The highest BCUT2D eigenvalue weighted by Crippen LogP contribution is 2.29. The van der Waals surface area contributed by atoms with Gasteiger partial charge < -0.3 is 25.0 Å². The van der Waals surface area contributed by atoms with E-state index in [0.717, 1.165) is 45.6 Å². The van der Waals surface area contributed by atoms with Crippen LogP contribution >= 0.6 is 0 Å². The summed E-state index contributed by atoms with van der Waals surface area (Å²) in [7, 11) is -1.82. The van der Waals surface area contributed by atoms with Gasteiger partial charge in [-0.1, -0.05) is 0 Å². The van der Waals surface area contributed by atoms with Crippen LogP contribution in [0.15, 0.2) is 0 Å². The highest BCUT2D eigenvalue weighted by atomic mass is 32.2. The van der Waals surface area contributed by atoms with Gasteiger partial charge in [-0.2, -0.15) is 0 Å². The lowest BCUT2D eigenvalue weighted by molar-refractivity contribution is -0.0201. The van der Waals surface area contributed by atoms with Crippen molar-refractivity contribution in [3.63, 3.8) is 0 Å². The lowest BCUT2D eigenvalue weighted by Gasteiger charge is -2.44. The minimum absolute atomic E-state index is 0.106. The van der Waals surface area contributed by atoms with Gasteiger partial charge in [0.15, 0.2) is 0 Å². The van der Waals surface area contributed by atoms with Crippen LogP contribution in [0.4, 0.5) is 0 Å². The normalized spacial score (nSPS) is 39.7. The number of ether oxygens (including phenoxy) is 2. The summed E-state index contributed by atoms with van der Waals surface area (Å²) < 4.78 is 39.9. The lowest BCUT2D eigenvalue weighted by atomic mass is 9.97. The number of piperazine rings is 1. The van der Waals surface area contributed by atoms with Gasteiger partial charge in [-0.15, -0.1) is 0 Å². The number of rotatable bonds is 8. The molecule has 1 saturated carbocycles. The summed E-state index contributed by atoms with van der Waals surface area (Å²) in [6, 6.07) is -0.337. The first kappa shape index (κ1) is 25.7. The van der Waals surface area contributed by atoms with E-state index in [9.17, 15) is 18.6 Å². The van der Waals surface area contributed by atoms with Crippen molar-refractivity contribution in [2.24, 2.45) is 0 Å². The molecule has 0 amide bonds. The van der Waals surface area contributed by atoms with E-state index in [4.69, 9.17) is 9.47 Å². The topological polar surface area (TPSA) is 124 Å². The Labute approximate surface area is 198 Å². The Morgan fingerprint density at radius 3 is 2.33 bits per heavy atom. The molecule has 10 nitrogen and oxygen atoms in total. The zero-order valence-electron chi connectivity index (χ0n) is 19.8. The summed E-state index contributed by atoms with van der Waals surface area (Å²) in [5.41, 5.74) is 0. The molecule has 3 saturated heterocycles. The molecule has 4 aliphatic rings. The molecular formula is C22H42N4O6S. The Hall–Kier alpha value is -0.370. The first-order valence-electron chi connectivity index (χ1n) is 12.6. The van der Waals surface area contributed by atoms with E-state index in [-0.39, 0.29) is 25.3 Å². The maximum atomic E-state index is 12.9. The van der Waals surface area contributed by atoms with E-state index < -0.39 is 33.6 Å². The van der Waals surface area contributed by atoms with Crippen molar-refractivity contribution in [3.05, 3.63) is 0 Å². The number of methoxy groups -OCH3 is 1. The zero-order chi connectivity index (χ0) is 23.4. The summed E-state index contributed by atoms with van der Waals surface area (Å²) >= 11 is 0. The van der Waals surface area contributed by atoms with Crippen molar-refractivity contribution in [1.29, 1.82) is 0 Å². The molecular weight excluding hydrogens is 448 g/mol. The maximum Gasteiger partial charge on any atom is 0.214 e. The van der Waals surface area contributed by atoms with E-state index in [2.05, 4.69) is 19.8 Å². The van der Waals surface area contributed by atoms with E-state index in [1.807, 2.05) is 0 Å². The first-order chi connectivity index (χ1) is 15.9.